The van der Waals surface area contributed by atoms with Gasteiger partial charge in [0.2, 0.25) is 0 Å². The summed E-state index contributed by atoms with van der Waals surface area (Å²) in [5, 5.41) is -0.358. The molecule has 0 saturated heterocycles. The molecule has 0 aliphatic heterocycles. The lowest BCUT2D eigenvalue weighted by Gasteiger charge is -2.14. The van der Waals surface area contributed by atoms with E-state index >= 15 is 0 Å². The van der Waals surface area contributed by atoms with E-state index in [0.29, 0.717) is 11.5 Å². The molecule has 0 N–H and O–H groups in total. The number of carbonyl (C=O) groups excluding carboxylic acids is 1. The molecule has 0 radical (unpaired) electrons. The summed E-state index contributed by atoms with van der Waals surface area (Å²) in [5.41, 5.74) is 0.164. The molecule has 0 aromatic carbocycles. The molecule has 1 atom stereocenters. The van der Waals surface area contributed by atoms with E-state index in [1.54, 1.807) is 6.08 Å². The smallest absolute Gasteiger partial charge is 0.255 e. The number of hydrogen-bond acceptors (Lipinski definition) is 1. The number of alkyl halides is 1. The van der Waals surface area contributed by atoms with Crippen LogP contribution in [0.5, 0.6) is 0 Å². The molecule has 0 saturated carbocycles. The third-order valence-corrected chi connectivity index (χ3v) is 2.54. The molecule has 1 unspecified atom stereocenters. The van der Waals surface area contributed by atoms with Gasteiger partial charge in [-0.3, -0.25) is 4.79 Å². The second-order valence-corrected chi connectivity index (χ2v) is 4.06. The van der Waals surface area contributed by atoms with Crippen molar-refractivity contribution in [3.63, 3.8) is 0 Å². The molecular weight excluding hydrogens is 242 g/mol. The van der Waals surface area contributed by atoms with E-state index in [2.05, 4.69) is 0 Å². The first-order valence-electron chi connectivity index (χ1n) is 3.12. The molecule has 66 valence electrons. The highest BCUT2D eigenvalue weighted by molar-refractivity contribution is 6.70. The van der Waals surface area contributed by atoms with Gasteiger partial charge < -0.3 is 0 Å². The number of carbonyl (C=O) groups is 1. The van der Waals surface area contributed by atoms with E-state index in [1.807, 2.05) is 0 Å². The minimum atomic E-state index is -0.648. The van der Waals surface area contributed by atoms with Crippen molar-refractivity contribution < 1.29 is 4.79 Å². The van der Waals surface area contributed by atoms with Crippen LogP contribution < -0.4 is 0 Å². The second-order valence-electron chi connectivity index (χ2n) is 2.29. The topological polar surface area (TPSA) is 17.1 Å². The standard InChI is InChI=1S/C7H4Cl4O/c8-3-1-4(9)6(7(11)12)5(10)2-3/h1,3H,2H2. The van der Waals surface area contributed by atoms with Crippen molar-refractivity contribution in [2.45, 2.75) is 11.8 Å². The summed E-state index contributed by atoms with van der Waals surface area (Å²) in [5.74, 6) is 0. The molecule has 1 aliphatic rings. The minimum Gasteiger partial charge on any atom is -0.276 e. The molecule has 0 amide bonds. The van der Waals surface area contributed by atoms with Crippen molar-refractivity contribution >= 4 is 51.6 Å². The van der Waals surface area contributed by atoms with Crippen LogP contribution in [0.1, 0.15) is 6.42 Å². The van der Waals surface area contributed by atoms with Gasteiger partial charge in [-0.1, -0.05) is 23.2 Å². The van der Waals surface area contributed by atoms with Gasteiger partial charge in [0.05, 0.1) is 16.0 Å². The highest BCUT2D eigenvalue weighted by Gasteiger charge is 2.22. The first kappa shape index (κ1) is 10.4. The monoisotopic (exact) mass is 244 g/mol. The first-order valence-corrected chi connectivity index (χ1v) is 4.69. The fourth-order valence-corrected chi connectivity index (χ4v) is 2.39. The number of rotatable bonds is 1. The fourth-order valence-electron chi connectivity index (χ4n) is 0.904. The summed E-state index contributed by atoms with van der Waals surface area (Å²) in [6, 6.07) is 0. The third-order valence-electron chi connectivity index (χ3n) is 1.41. The summed E-state index contributed by atoms with van der Waals surface area (Å²) >= 11 is 22.4. The van der Waals surface area contributed by atoms with Crippen molar-refractivity contribution in [3.05, 3.63) is 21.7 Å². The molecule has 1 nitrogen and oxygen atoms in total. The zero-order valence-electron chi connectivity index (χ0n) is 5.78. The predicted molar refractivity (Wildman–Crippen MR) is 51.9 cm³/mol. The van der Waals surface area contributed by atoms with Crippen molar-refractivity contribution in [2.24, 2.45) is 0 Å². The predicted octanol–water partition coefficient (Wildman–Crippen LogP) is 3.38. The maximum absolute atomic E-state index is 10.8. The fraction of sp³-hybridized carbons (Fsp3) is 0.286. The maximum atomic E-state index is 10.8. The van der Waals surface area contributed by atoms with E-state index in [-0.39, 0.29) is 16.0 Å². The zero-order valence-corrected chi connectivity index (χ0v) is 8.81. The van der Waals surface area contributed by atoms with Crippen LogP contribution in [0.4, 0.5) is 0 Å². The lowest BCUT2D eigenvalue weighted by atomic mass is 10.1. The van der Waals surface area contributed by atoms with Crippen LogP contribution in [0.2, 0.25) is 0 Å². The van der Waals surface area contributed by atoms with Crippen molar-refractivity contribution in [1.29, 1.82) is 0 Å². The maximum Gasteiger partial charge on any atom is 0.255 e. The third kappa shape index (κ3) is 2.17. The zero-order chi connectivity index (χ0) is 9.30. The van der Waals surface area contributed by atoms with Gasteiger partial charge >= 0.3 is 0 Å². The summed E-state index contributed by atoms with van der Waals surface area (Å²) in [6.45, 7) is 0. The van der Waals surface area contributed by atoms with Crippen LogP contribution in [0, 0.1) is 0 Å². The molecular formula is C7H4Cl4O. The van der Waals surface area contributed by atoms with E-state index in [0.717, 1.165) is 0 Å². The van der Waals surface area contributed by atoms with Crippen LogP contribution in [-0.2, 0) is 4.79 Å². The van der Waals surface area contributed by atoms with E-state index < -0.39 is 5.24 Å². The quantitative estimate of drug-likeness (QED) is 0.512. The normalized spacial score (nSPS) is 24.0. The van der Waals surface area contributed by atoms with Crippen LogP contribution >= 0.6 is 46.4 Å². The highest BCUT2D eigenvalue weighted by atomic mass is 35.5. The van der Waals surface area contributed by atoms with Gasteiger partial charge in [0.15, 0.2) is 0 Å². The molecule has 0 aromatic rings. The Bertz CT molecular complexity index is 279. The number of allylic oxidation sites excluding steroid dienone is 4. The average molecular weight is 246 g/mol. The lowest BCUT2D eigenvalue weighted by Crippen LogP contribution is -2.08. The SMILES string of the molecule is O=C(Cl)C1=C(Cl)CC(Cl)C=C1Cl. The Morgan fingerprint density at radius 2 is 2.08 bits per heavy atom. The summed E-state index contributed by atoms with van der Waals surface area (Å²) in [6.07, 6.45) is 1.94. The van der Waals surface area contributed by atoms with Crippen LogP contribution in [-0.4, -0.2) is 10.6 Å². The Hall–Kier alpha value is 0.310. The summed E-state index contributed by atoms with van der Waals surface area (Å²) in [7, 11) is 0. The second kappa shape index (κ2) is 4.01. The Labute approximate surface area is 89.9 Å². The van der Waals surface area contributed by atoms with Gasteiger partial charge in [-0.15, -0.1) is 11.6 Å². The van der Waals surface area contributed by atoms with Crippen molar-refractivity contribution in [2.75, 3.05) is 0 Å². The lowest BCUT2D eigenvalue weighted by molar-refractivity contribution is -0.108. The van der Waals surface area contributed by atoms with Gasteiger partial charge in [0.25, 0.3) is 5.24 Å². The molecule has 5 heteroatoms. The molecule has 0 fully saturated rings. The number of halogens is 4. The Morgan fingerprint density at radius 3 is 2.50 bits per heavy atom. The van der Waals surface area contributed by atoms with Crippen LogP contribution in [0.3, 0.4) is 0 Å². The molecule has 0 spiro atoms. The first-order chi connectivity index (χ1) is 5.52. The summed E-state index contributed by atoms with van der Waals surface area (Å²) in [4.78, 5) is 10.8. The van der Waals surface area contributed by atoms with E-state index in [1.165, 1.54) is 0 Å². The molecule has 0 aromatic heterocycles. The van der Waals surface area contributed by atoms with E-state index in [4.69, 9.17) is 46.4 Å². The molecule has 12 heavy (non-hydrogen) atoms. The van der Waals surface area contributed by atoms with Gasteiger partial charge in [0, 0.05) is 11.5 Å². The van der Waals surface area contributed by atoms with Gasteiger partial charge in [-0.2, -0.15) is 0 Å². The van der Waals surface area contributed by atoms with Crippen LogP contribution in [0.25, 0.3) is 0 Å². The molecule has 0 bridgehead atoms. The van der Waals surface area contributed by atoms with Gasteiger partial charge in [0.1, 0.15) is 0 Å². The van der Waals surface area contributed by atoms with Crippen LogP contribution in [0.15, 0.2) is 21.7 Å². The highest BCUT2D eigenvalue weighted by Crippen LogP contribution is 2.33. The largest absolute Gasteiger partial charge is 0.276 e. The molecule has 1 aliphatic carbocycles. The van der Waals surface area contributed by atoms with Gasteiger partial charge in [-0.05, 0) is 17.7 Å². The van der Waals surface area contributed by atoms with Crippen molar-refractivity contribution in [1.82, 2.24) is 0 Å². The van der Waals surface area contributed by atoms with E-state index in [9.17, 15) is 4.79 Å². The minimum absolute atomic E-state index is 0.164. The van der Waals surface area contributed by atoms with Crippen molar-refractivity contribution in [3.8, 4) is 0 Å². The Balaban J connectivity index is 3.05. The molecule has 0 heterocycles. The summed E-state index contributed by atoms with van der Waals surface area (Å²) < 4.78 is 0. The Morgan fingerprint density at radius 1 is 1.50 bits per heavy atom. The number of hydrogen-bond donors (Lipinski definition) is 0. The Kier molecular flexibility index (Phi) is 3.47. The molecule has 1 rings (SSSR count). The average Bonchev–Trinajstić information content (AvgIpc) is 1.82. The van der Waals surface area contributed by atoms with Gasteiger partial charge in [-0.25, -0.2) is 0 Å².